The molecule has 2 aliphatic heterocycles. The highest BCUT2D eigenvalue weighted by Gasteiger charge is 2.44. The SMILES string of the molecule is C=Cc1cc(C(C)N(C(=O)[C@H]2CN(C(=O)OC(C)(C)C)CCO2)C2CC2)cc(/C=C/CNC(=O)OC)n1.C=Cc1cc(C(C)NC2CC2)cc(/C=C/NC(=O)CO)n1.CCc1cc(C(C)N(C(=O)[C@H]2CN(C(=O)OC(C)(C)C)CCO2)C2CC2)cc(CCCNC(=O)OC)n1. The third-order valence-electron chi connectivity index (χ3n) is 15.8. The summed E-state index contributed by atoms with van der Waals surface area (Å²) >= 11 is 0. The summed E-state index contributed by atoms with van der Waals surface area (Å²) in [6.45, 7) is 28.7. The average Bonchev–Trinajstić information content (AvgIpc) is 1.66. The van der Waals surface area contributed by atoms with Crippen molar-refractivity contribution in [2.75, 3.05) is 73.3 Å². The van der Waals surface area contributed by atoms with E-state index in [-0.39, 0.29) is 68.3 Å². The van der Waals surface area contributed by atoms with Crippen LogP contribution in [0.15, 0.2) is 61.8 Å². The van der Waals surface area contributed by atoms with E-state index in [2.05, 4.69) is 79.8 Å². The van der Waals surface area contributed by atoms with E-state index in [0.717, 1.165) is 78.0 Å². The number of methoxy groups -OCH3 is 2. The topological polar surface area (TPSA) is 295 Å². The molecule has 5 aliphatic rings. The van der Waals surface area contributed by atoms with Crippen molar-refractivity contribution in [2.24, 2.45) is 0 Å². The van der Waals surface area contributed by atoms with E-state index in [9.17, 15) is 33.6 Å². The van der Waals surface area contributed by atoms with E-state index in [1.807, 2.05) is 89.5 Å². The number of aryl methyl sites for hydroxylation is 2. The van der Waals surface area contributed by atoms with Crippen LogP contribution < -0.4 is 21.3 Å². The molecule has 5 atom stereocenters. The molecule has 5 N–H and O–H groups in total. The van der Waals surface area contributed by atoms with Gasteiger partial charge in [-0.15, -0.1) is 0 Å². The van der Waals surface area contributed by atoms with Gasteiger partial charge >= 0.3 is 24.4 Å². The Hall–Kier alpha value is -8.26. The Labute approximate surface area is 559 Å². The number of hydrogen-bond donors (Lipinski definition) is 5. The van der Waals surface area contributed by atoms with E-state index in [4.69, 9.17) is 29.0 Å². The first-order valence-electron chi connectivity index (χ1n) is 32.9. The van der Waals surface area contributed by atoms with Gasteiger partial charge in [0.15, 0.2) is 12.2 Å². The zero-order valence-electron chi connectivity index (χ0n) is 57.6. The van der Waals surface area contributed by atoms with Crippen LogP contribution in [0.4, 0.5) is 19.2 Å². The fourth-order valence-corrected chi connectivity index (χ4v) is 10.5. The molecule has 3 aromatic rings. The second-order valence-electron chi connectivity index (χ2n) is 26.0. The minimum absolute atomic E-state index is 0.0954. The number of nitrogens with zero attached hydrogens (tertiary/aromatic N) is 7. The Morgan fingerprint density at radius 2 is 1.14 bits per heavy atom. The van der Waals surface area contributed by atoms with Crippen LogP contribution in [0, 0.1) is 0 Å². The van der Waals surface area contributed by atoms with Gasteiger partial charge in [0.25, 0.3) is 11.8 Å². The molecule has 3 saturated carbocycles. The summed E-state index contributed by atoms with van der Waals surface area (Å²) in [5.41, 5.74) is 6.65. The van der Waals surface area contributed by atoms with Crippen LogP contribution in [0.5, 0.6) is 0 Å². The van der Waals surface area contributed by atoms with Gasteiger partial charge in [-0.1, -0.05) is 26.2 Å². The molecule has 25 heteroatoms. The second-order valence-corrected chi connectivity index (χ2v) is 26.0. The number of aromatic nitrogens is 3. The molecule has 5 heterocycles. The van der Waals surface area contributed by atoms with E-state index in [1.165, 1.54) is 33.3 Å². The summed E-state index contributed by atoms with van der Waals surface area (Å²) in [6.07, 6.45) is 15.3. The maximum atomic E-state index is 13.7. The standard InChI is InChI=1S/C27H42N4O6.C27H38N4O6.C16H21N3O2/c2*1-7-20-15-19(16-21(29-20)9-8-12-28-25(33)35-6)18(2)31(22-10-11-22)24(32)23-17-30(13-14-36-23)26(34)37-27(3,4)5;1-3-13-8-12(11(2)18-14-4-5-14)9-15(19-13)6-7-17-16(21)10-20/h15-16,18,22-23H,7-14,17H2,1-6H3,(H,28,33);7-9,15-16,18,22-23H,1,10-14,17H2,2-6H3,(H,28,33);3,6-9,11,14,18,20H,1,4-5,10H2,2H3,(H,17,21)/b;9-8+;7-6+/t2*18?,23-;/m11./s1. The number of carbonyl (C=O) groups excluding carboxylic acids is 7. The molecule has 7 amide bonds. The Bertz CT molecular complexity index is 3190. The summed E-state index contributed by atoms with van der Waals surface area (Å²) in [6, 6.07) is 12.7. The molecule has 8 rings (SSSR count). The van der Waals surface area contributed by atoms with Gasteiger partial charge in [-0.05, 0) is 197 Å². The number of carbonyl (C=O) groups is 7. The van der Waals surface area contributed by atoms with E-state index in [0.29, 0.717) is 50.1 Å². The van der Waals surface area contributed by atoms with Crippen LogP contribution in [0.2, 0.25) is 0 Å². The molecule has 5 fully saturated rings. The molecule has 3 aromatic heterocycles. The van der Waals surface area contributed by atoms with Crippen molar-refractivity contribution < 1.29 is 67.1 Å². The lowest BCUT2D eigenvalue weighted by Crippen LogP contribution is -2.54. The highest BCUT2D eigenvalue weighted by atomic mass is 16.6. The molecular weight excluding hydrogens is 1220 g/mol. The van der Waals surface area contributed by atoms with Crippen LogP contribution in [0.25, 0.3) is 24.3 Å². The van der Waals surface area contributed by atoms with Crippen LogP contribution in [-0.4, -0.2) is 197 Å². The van der Waals surface area contributed by atoms with Gasteiger partial charge in [-0.25, -0.2) is 29.1 Å². The van der Waals surface area contributed by atoms with Crippen molar-refractivity contribution in [3.63, 3.8) is 0 Å². The Morgan fingerprint density at radius 3 is 1.61 bits per heavy atom. The molecule has 0 spiro atoms. The van der Waals surface area contributed by atoms with E-state index in [1.54, 1.807) is 40.2 Å². The molecule has 0 bridgehead atoms. The summed E-state index contributed by atoms with van der Waals surface area (Å²) in [4.78, 5) is 107. The number of amides is 7. The fourth-order valence-electron chi connectivity index (χ4n) is 10.5. The van der Waals surface area contributed by atoms with Gasteiger partial charge < -0.3 is 74.4 Å². The van der Waals surface area contributed by atoms with Gasteiger partial charge in [-0.2, -0.15) is 0 Å². The number of morpholine rings is 2. The molecule has 0 radical (unpaired) electrons. The molecule has 520 valence electrons. The molecule has 95 heavy (non-hydrogen) atoms. The normalized spacial score (nSPS) is 18.1. The van der Waals surface area contributed by atoms with Crippen molar-refractivity contribution in [1.82, 2.24) is 55.8 Å². The first kappa shape index (κ1) is 75.8. The number of pyridine rings is 3. The number of nitrogens with one attached hydrogen (secondary N) is 4. The van der Waals surface area contributed by atoms with Crippen LogP contribution in [0.3, 0.4) is 0 Å². The third-order valence-corrected chi connectivity index (χ3v) is 15.8. The Kier molecular flexibility index (Phi) is 28.7. The Balaban J connectivity index is 0.000000235. The minimum atomic E-state index is -0.756. The van der Waals surface area contributed by atoms with Crippen LogP contribution in [0.1, 0.15) is 183 Å². The number of aliphatic hydroxyl groups is 1. The molecule has 0 aromatic carbocycles. The van der Waals surface area contributed by atoms with Crippen molar-refractivity contribution in [3.8, 4) is 0 Å². The van der Waals surface area contributed by atoms with Crippen molar-refractivity contribution in [3.05, 3.63) is 113 Å². The maximum absolute atomic E-state index is 13.7. The van der Waals surface area contributed by atoms with E-state index < -0.39 is 60.3 Å². The summed E-state index contributed by atoms with van der Waals surface area (Å²) in [7, 11) is 2.65. The average molecular weight is 1320 g/mol. The lowest BCUT2D eigenvalue weighted by Gasteiger charge is -2.38. The highest BCUT2D eigenvalue weighted by Crippen LogP contribution is 2.38. The molecule has 3 aliphatic carbocycles. The number of ether oxygens (including phenoxy) is 6. The smallest absolute Gasteiger partial charge is 0.410 e. The zero-order valence-corrected chi connectivity index (χ0v) is 57.6. The predicted molar refractivity (Wildman–Crippen MR) is 361 cm³/mol. The van der Waals surface area contributed by atoms with Gasteiger partial charge in [-0.3, -0.25) is 19.4 Å². The number of alkyl carbamates (subject to hydrolysis) is 2. The van der Waals surface area contributed by atoms with Crippen molar-refractivity contribution in [2.45, 2.75) is 187 Å². The maximum Gasteiger partial charge on any atom is 0.410 e. The number of hydrogen-bond acceptors (Lipinski definition) is 18. The quantitative estimate of drug-likeness (QED) is 0.0413. The minimum Gasteiger partial charge on any atom is -0.453 e. The Morgan fingerprint density at radius 1 is 0.663 bits per heavy atom. The van der Waals surface area contributed by atoms with Gasteiger partial charge in [0, 0.05) is 67.9 Å². The largest absolute Gasteiger partial charge is 0.453 e. The summed E-state index contributed by atoms with van der Waals surface area (Å²) in [5.74, 6) is -0.684. The molecule has 25 nitrogen and oxygen atoms in total. The van der Waals surface area contributed by atoms with Crippen molar-refractivity contribution >= 4 is 66.4 Å². The van der Waals surface area contributed by atoms with E-state index >= 15 is 0 Å². The summed E-state index contributed by atoms with van der Waals surface area (Å²) in [5, 5.41) is 19.9. The monoisotopic (exact) mass is 1320 g/mol. The predicted octanol–water partition coefficient (Wildman–Crippen LogP) is 9.02. The molecular formula is C70H101N11O14. The molecule has 3 unspecified atom stereocenters. The highest BCUT2D eigenvalue weighted by molar-refractivity contribution is 5.84. The lowest BCUT2D eigenvalue weighted by atomic mass is 10.0. The first-order valence-corrected chi connectivity index (χ1v) is 32.9. The third kappa shape index (κ3) is 25.1. The first-order chi connectivity index (χ1) is 45.2. The van der Waals surface area contributed by atoms with Gasteiger partial charge in [0.05, 0.1) is 75.4 Å². The summed E-state index contributed by atoms with van der Waals surface area (Å²) < 4.78 is 31.9. The lowest BCUT2D eigenvalue weighted by molar-refractivity contribution is -0.152. The van der Waals surface area contributed by atoms with Crippen molar-refractivity contribution in [1.29, 1.82) is 0 Å². The number of rotatable bonds is 24. The number of aliphatic hydroxyl groups excluding tert-OH is 1. The van der Waals surface area contributed by atoms with Crippen LogP contribution in [-0.2, 0) is 55.6 Å². The fraction of sp³-hybridized carbons (Fsp3) is 0.571. The zero-order chi connectivity index (χ0) is 69.6. The molecule has 2 saturated heterocycles. The van der Waals surface area contributed by atoms with Gasteiger partial charge in [0.1, 0.15) is 17.8 Å². The van der Waals surface area contributed by atoms with Gasteiger partial charge in [0.2, 0.25) is 5.91 Å². The second kappa shape index (κ2) is 36.0. The van der Waals surface area contributed by atoms with Crippen LogP contribution >= 0.6 is 0 Å².